The Hall–Kier alpha value is -6.57. The third-order valence-corrected chi connectivity index (χ3v) is 18.1. The number of aromatic amines is 1. The van der Waals surface area contributed by atoms with Crippen molar-refractivity contribution in [2.45, 2.75) is 157 Å². The summed E-state index contributed by atoms with van der Waals surface area (Å²) >= 11 is 2.52. The number of halogens is 1. The average Bonchev–Trinajstić information content (AvgIpc) is 1.16. The van der Waals surface area contributed by atoms with E-state index in [2.05, 4.69) is 74.3 Å². The van der Waals surface area contributed by atoms with Gasteiger partial charge in [0.15, 0.2) is 18.7 Å². The third-order valence-electron chi connectivity index (χ3n) is 15.2. The summed E-state index contributed by atoms with van der Waals surface area (Å²) in [6.07, 6.45) is -20.1. The molecular formula is C55H83IN16O22S3. The van der Waals surface area contributed by atoms with E-state index in [4.69, 9.17) is 46.6 Å². The molecule has 42 heteroatoms. The monoisotopic (exact) mass is 1540 g/mol. The number of ether oxygens (including phenoxy) is 5. The van der Waals surface area contributed by atoms with E-state index in [1.54, 1.807) is 10.8 Å². The van der Waals surface area contributed by atoms with Crippen molar-refractivity contribution in [1.82, 2.24) is 61.8 Å². The van der Waals surface area contributed by atoms with E-state index in [-0.39, 0.29) is 76.5 Å². The lowest BCUT2D eigenvalue weighted by Gasteiger charge is -2.47. The van der Waals surface area contributed by atoms with Crippen LogP contribution in [-0.2, 0) is 65.0 Å². The molecule has 7 amide bonds. The number of thiazole rings is 2. The molecule has 6 heterocycles. The van der Waals surface area contributed by atoms with E-state index >= 15 is 4.79 Å². The predicted molar refractivity (Wildman–Crippen MR) is 337 cm³/mol. The lowest BCUT2D eigenvalue weighted by atomic mass is 9.96. The van der Waals surface area contributed by atoms with Crippen molar-refractivity contribution in [1.29, 1.82) is 0 Å². The normalized spacial score (nSPS) is 23.8. The van der Waals surface area contributed by atoms with Gasteiger partial charge >= 0.3 is 12.1 Å². The van der Waals surface area contributed by atoms with E-state index in [0.717, 1.165) is 24.7 Å². The number of hydrogen-bond acceptors (Lipinski definition) is 31. The molecule has 0 radical (unpaired) electrons. The number of nitrogen functional groups attached to an aromatic ring is 1. The molecule has 540 valence electrons. The number of nitrogens with zero attached hydrogens (tertiary/aromatic N) is 5. The van der Waals surface area contributed by atoms with Crippen LogP contribution in [0.4, 0.5) is 10.6 Å². The molecule has 2 aliphatic heterocycles. The highest BCUT2D eigenvalue weighted by molar-refractivity contribution is 7.95. The number of H-pyrrole nitrogens is 1. The van der Waals surface area contributed by atoms with Crippen LogP contribution in [0.25, 0.3) is 10.7 Å². The van der Waals surface area contributed by atoms with Crippen LogP contribution in [0.1, 0.15) is 88.8 Å². The standard InChI is InChI=1S/C55H82N16O22S3.HI/c1-20-33(68-45(71-44(20)58)25(12-31(57)75)63-13-24(56)52(86)87)49(84)70-35(41(26-14-60-19-64-26)91-54-43(39(79)37(77)29(15-72)90-54)92-53-40(80)42(93-55(59)88)38(78)30(16-73)89-53)50(85)65-22(3)36(76)21(2)46(81)69-34(23(4)74)48(83)62-10-8-32-66-28(18-94-32)51-67-27(17-95-51)47(82)61-9-7-11-96(5)6;/h14,17-19,21-25,29-30,34-43,53-54,63,72-74,76-80H,7-13,15-16,56H2,1-6H3,(H12-,57,58,59,60,61,62,64,65,68,69,70,71,75,81,82,83,84,85,86,87,88);1H/t21-,22+,23+,24-,25-,29-,30+,34-,35-,36-,37+,38+,39-,40-,41-,42-,43-,53+,54-;/m0./s1. The van der Waals surface area contributed by atoms with Gasteiger partial charge in [-0.2, -0.15) is 0 Å². The molecule has 97 heavy (non-hydrogen) atoms. The first-order valence-electron chi connectivity index (χ1n) is 29.8. The highest BCUT2D eigenvalue weighted by Gasteiger charge is 2.54. The molecule has 0 unspecified atom stereocenters. The molecule has 2 saturated heterocycles. The summed E-state index contributed by atoms with van der Waals surface area (Å²) in [6.45, 7) is 3.00. The third kappa shape index (κ3) is 22.0. The number of amides is 7. The van der Waals surface area contributed by atoms with Crippen molar-refractivity contribution in [3.63, 3.8) is 0 Å². The summed E-state index contributed by atoms with van der Waals surface area (Å²) < 4.78 is 28.7. The van der Waals surface area contributed by atoms with E-state index in [1.807, 2.05) is 0 Å². The molecule has 38 nitrogen and oxygen atoms in total. The fraction of sp³-hybridized carbons (Fsp3) is 0.618. The number of imidazole rings is 1. The summed E-state index contributed by atoms with van der Waals surface area (Å²) in [5.41, 5.74) is 22.5. The number of aromatic nitrogens is 6. The van der Waals surface area contributed by atoms with Gasteiger partial charge < -0.3 is 153 Å². The van der Waals surface area contributed by atoms with Gasteiger partial charge in [-0.15, -0.1) is 22.7 Å². The van der Waals surface area contributed by atoms with Gasteiger partial charge in [-0.25, -0.2) is 29.7 Å². The summed E-state index contributed by atoms with van der Waals surface area (Å²) in [6, 6.07) is -8.15. The Labute approximate surface area is 581 Å². The summed E-state index contributed by atoms with van der Waals surface area (Å²) in [5, 5.41) is 117. The highest BCUT2D eigenvalue weighted by atomic mass is 127. The topological polar surface area (TPSA) is 621 Å². The number of carboxylic acids is 1. The molecule has 6 rings (SSSR count). The number of aliphatic carboxylic acids is 1. The van der Waals surface area contributed by atoms with Crippen molar-refractivity contribution in [2.75, 3.05) is 56.8 Å². The van der Waals surface area contributed by atoms with Crippen molar-refractivity contribution >= 4 is 86.9 Å². The summed E-state index contributed by atoms with van der Waals surface area (Å²) in [5.74, 6) is -8.34. The second kappa shape index (κ2) is 37.6. The minimum atomic E-state index is -2.20. The quantitative estimate of drug-likeness (QED) is 0.0116. The maximum Gasteiger partial charge on any atom is 0.404 e. The number of nitrogens with one attached hydrogen (secondary N) is 7. The molecule has 0 aliphatic carbocycles. The van der Waals surface area contributed by atoms with Crippen LogP contribution in [0.5, 0.6) is 0 Å². The molecule has 0 bridgehead atoms. The first-order valence-corrected chi connectivity index (χ1v) is 33.7. The number of carbonyl (C=O) groups is 8. The van der Waals surface area contributed by atoms with Gasteiger partial charge in [0.1, 0.15) is 106 Å². The molecule has 2 fully saturated rings. The smallest absolute Gasteiger partial charge is 0.404 e. The molecular weight excluding hydrogens is 1460 g/mol. The molecule has 4 aromatic rings. The van der Waals surface area contributed by atoms with Gasteiger partial charge in [-0.3, -0.25) is 33.6 Å². The van der Waals surface area contributed by atoms with Gasteiger partial charge in [0.25, 0.3) is 11.8 Å². The van der Waals surface area contributed by atoms with E-state index in [1.165, 1.54) is 50.4 Å². The fourth-order valence-electron chi connectivity index (χ4n) is 9.79. The zero-order valence-electron chi connectivity index (χ0n) is 53.1. The average molecular weight is 1540 g/mol. The van der Waals surface area contributed by atoms with Crippen LogP contribution in [-0.4, -0.2) is 272 Å². The number of hydrogen-bond donors (Lipinski definition) is 20. The van der Waals surface area contributed by atoms with Crippen LogP contribution in [0.15, 0.2) is 23.3 Å². The molecule has 24 N–H and O–H groups in total. The molecule has 4 aromatic heterocycles. The number of carboxylic acid groups (broad SMARTS) is 1. The summed E-state index contributed by atoms with van der Waals surface area (Å²) in [4.78, 5) is 130. The largest absolute Gasteiger partial charge is 1.00 e. The Balaban J connectivity index is 0.0000170. The lowest BCUT2D eigenvalue weighted by Crippen LogP contribution is -3.00. The minimum Gasteiger partial charge on any atom is -1.00 e. The minimum absolute atomic E-state index is 0. The first kappa shape index (κ1) is 81.1. The Morgan fingerprint density at radius 3 is 2.09 bits per heavy atom. The van der Waals surface area contributed by atoms with E-state index in [9.17, 15) is 79.5 Å². The maximum absolute atomic E-state index is 15.2. The second-order valence-electron chi connectivity index (χ2n) is 22.8. The van der Waals surface area contributed by atoms with Crippen molar-refractivity contribution in [3.05, 3.63) is 56.8 Å². The van der Waals surface area contributed by atoms with Crippen LogP contribution >= 0.6 is 22.7 Å². The Morgan fingerprint density at radius 1 is 0.794 bits per heavy atom. The lowest BCUT2D eigenvalue weighted by molar-refractivity contribution is -0.372. The molecule has 0 saturated carbocycles. The zero-order valence-corrected chi connectivity index (χ0v) is 57.7. The van der Waals surface area contributed by atoms with E-state index in [0.29, 0.717) is 22.3 Å². The number of primary amides is 2. The zero-order chi connectivity index (χ0) is 71.0. The second-order valence-corrected chi connectivity index (χ2v) is 26.9. The summed E-state index contributed by atoms with van der Waals surface area (Å²) in [7, 11) is 0.252. The Morgan fingerprint density at radius 2 is 1.47 bits per heavy atom. The van der Waals surface area contributed by atoms with Crippen LogP contribution in [0.3, 0.4) is 0 Å². The number of carbonyl (C=O) groups excluding carboxylic acids is 7. The fourth-order valence-corrected chi connectivity index (χ4v) is 12.1. The van der Waals surface area contributed by atoms with Crippen LogP contribution in [0, 0.1) is 12.8 Å². The van der Waals surface area contributed by atoms with Gasteiger partial charge in [0, 0.05) is 55.2 Å². The van der Waals surface area contributed by atoms with Crippen molar-refractivity contribution in [2.24, 2.45) is 23.1 Å². The van der Waals surface area contributed by atoms with Crippen LogP contribution in [0.2, 0.25) is 0 Å². The maximum atomic E-state index is 15.2. The van der Waals surface area contributed by atoms with Crippen LogP contribution < -0.4 is 78.8 Å². The number of nitrogens with two attached hydrogens (primary N) is 4. The molecule has 0 aromatic carbocycles. The van der Waals surface area contributed by atoms with E-state index < -0.39 is 195 Å². The van der Waals surface area contributed by atoms with Gasteiger partial charge in [-0.05, 0) is 31.7 Å². The van der Waals surface area contributed by atoms with Crippen molar-refractivity contribution in [3.8, 4) is 10.7 Å². The van der Waals surface area contributed by atoms with Crippen molar-refractivity contribution < 1.29 is 132 Å². The number of anilines is 1. The predicted octanol–water partition coefficient (Wildman–Crippen LogP) is -10.1. The van der Waals surface area contributed by atoms with Gasteiger partial charge in [-0.1, -0.05) is 6.92 Å². The Bertz CT molecular complexity index is 3290. The molecule has 19 atom stereocenters. The first-order chi connectivity index (χ1) is 45.3. The van der Waals surface area contributed by atoms with Gasteiger partial charge in [0.2, 0.25) is 23.6 Å². The molecule has 0 spiro atoms. The molecule has 2 aliphatic rings. The SMILES string of the molecule is Cc1c(N)nc([C@H](CC(N)=O)NC[C@H](N)C(=O)O)nc1C(=O)N[C@H](C(=O)N[C@H](C)[C@@H](O)[C@H](C)C(=O)N[C@H](C(=O)NCCc1nc(-c2nc(C(=O)NCCC[S+](C)C)cs2)cs1)[C@@H](C)O)[C@@H](O[C@@H]1O[C@@H](CO)[C@@H](O)[C@H](O)[C@@H]1O[C@H]1O[C@H](CO)[C@@H](O)[C@H](OC(N)=O)[C@@H]1O)c1cnc[nH]1.[I-]. The number of aliphatic hydroxyl groups is 8. The number of rotatable bonds is 35. The number of aliphatic hydroxyl groups excluding tert-OH is 8. The van der Waals surface area contributed by atoms with Gasteiger partial charge in [0.05, 0.1) is 79.2 Å². The Kier molecular flexibility index (Phi) is 31.4. The highest BCUT2D eigenvalue weighted by Crippen LogP contribution is 2.35.